The molecule has 118 valence electrons. The van der Waals surface area contributed by atoms with Crippen LogP contribution in [-0.2, 0) is 11.3 Å². The van der Waals surface area contributed by atoms with Gasteiger partial charge in [0.1, 0.15) is 0 Å². The Bertz CT molecular complexity index is 459. The van der Waals surface area contributed by atoms with Crippen LogP contribution >= 0.6 is 11.3 Å². The number of aliphatic hydroxyl groups is 1. The number of aliphatic hydroxyl groups excluding tert-OH is 1. The predicted molar refractivity (Wildman–Crippen MR) is 86.4 cm³/mol. The van der Waals surface area contributed by atoms with Crippen molar-refractivity contribution in [1.82, 2.24) is 10.2 Å². The number of carbonyl (C=O) groups excluding carboxylic acids is 1. The first-order valence-electron chi connectivity index (χ1n) is 7.71. The van der Waals surface area contributed by atoms with Gasteiger partial charge in [-0.25, -0.2) is 0 Å². The normalized spacial score (nSPS) is 18.6. The monoisotopic (exact) mass is 310 g/mol. The number of aryl methyl sites for hydroxylation is 1. The number of carbonyl (C=O) groups is 1. The van der Waals surface area contributed by atoms with Crippen LogP contribution in [0.5, 0.6) is 0 Å². The van der Waals surface area contributed by atoms with E-state index in [1.165, 1.54) is 10.4 Å². The molecule has 0 spiro atoms. The average Bonchev–Trinajstić information content (AvgIpc) is 2.92. The summed E-state index contributed by atoms with van der Waals surface area (Å²) in [6, 6.07) is 2.08. The number of rotatable bonds is 6. The third-order valence-corrected chi connectivity index (χ3v) is 5.81. The molecule has 0 bridgehead atoms. The largest absolute Gasteiger partial charge is 0.396 e. The first-order valence-corrected chi connectivity index (χ1v) is 8.59. The van der Waals surface area contributed by atoms with Gasteiger partial charge in [0, 0.05) is 11.5 Å². The third kappa shape index (κ3) is 4.28. The summed E-state index contributed by atoms with van der Waals surface area (Å²) in [6.45, 7) is 7.38. The fourth-order valence-electron chi connectivity index (χ4n) is 2.83. The summed E-state index contributed by atoms with van der Waals surface area (Å²) in [5, 5.41) is 14.6. The van der Waals surface area contributed by atoms with E-state index < -0.39 is 0 Å². The van der Waals surface area contributed by atoms with Crippen LogP contribution in [0.4, 0.5) is 0 Å². The van der Waals surface area contributed by atoms with Crippen molar-refractivity contribution in [2.75, 3.05) is 26.2 Å². The molecule has 2 heterocycles. The van der Waals surface area contributed by atoms with Gasteiger partial charge in [-0.15, -0.1) is 11.3 Å². The van der Waals surface area contributed by atoms with E-state index in [1.54, 1.807) is 11.3 Å². The minimum absolute atomic E-state index is 0.0844. The highest BCUT2D eigenvalue weighted by molar-refractivity contribution is 7.10. The summed E-state index contributed by atoms with van der Waals surface area (Å²) in [4.78, 5) is 15.4. The van der Waals surface area contributed by atoms with E-state index in [2.05, 4.69) is 35.5 Å². The van der Waals surface area contributed by atoms with Crippen molar-refractivity contribution in [2.24, 2.45) is 5.41 Å². The van der Waals surface area contributed by atoms with Gasteiger partial charge in [0.15, 0.2) is 0 Å². The molecule has 4 nitrogen and oxygen atoms in total. The zero-order valence-electron chi connectivity index (χ0n) is 13.0. The molecule has 0 atom stereocenters. The number of piperidine rings is 1. The smallest absolute Gasteiger partial charge is 0.234 e. The molecule has 1 aliphatic heterocycles. The lowest BCUT2D eigenvalue weighted by molar-refractivity contribution is -0.123. The summed E-state index contributed by atoms with van der Waals surface area (Å²) in [7, 11) is 0. The maximum absolute atomic E-state index is 12.0. The molecular weight excluding hydrogens is 284 g/mol. The predicted octanol–water partition coefficient (Wildman–Crippen LogP) is 2.16. The Morgan fingerprint density at radius 3 is 2.71 bits per heavy atom. The van der Waals surface area contributed by atoms with Crippen molar-refractivity contribution in [3.63, 3.8) is 0 Å². The molecule has 0 aliphatic carbocycles. The molecule has 1 aromatic rings. The van der Waals surface area contributed by atoms with Gasteiger partial charge < -0.3 is 10.4 Å². The highest BCUT2D eigenvalue weighted by Crippen LogP contribution is 2.33. The maximum Gasteiger partial charge on any atom is 0.234 e. The third-order valence-electron chi connectivity index (χ3n) is 4.78. The van der Waals surface area contributed by atoms with Gasteiger partial charge in [-0.1, -0.05) is 6.92 Å². The van der Waals surface area contributed by atoms with E-state index in [9.17, 15) is 9.90 Å². The minimum atomic E-state index is 0.0844. The quantitative estimate of drug-likeness (QED) is 0.846. The average molecular weight is 310 g/mol. The number of likely N-dealkylation sites (tertiary alicyclic amines) is 1. The molecule has 0 saturated carbocycles. The van der Waals surface area contributed by atoms with Crippen LogP contribution in [0.3, 0.4) is 0 Å². The Morgan fingerprint density at radius 1 is 1.48 bits per heavy atom. The number of amides is 1. The Balaban J connectivity index is 1.73. The molecule has 21 heavy (non-hydrogen) atoms. The van der Waals surface area contributed by atoms with Crippen molar-refractivity contribution in [3.8, 4) is 0 Å². The zero-order valence-corrected chi connectivity index (χ0v) is 13.8. The lowest BCUT2D eigenvalue weighted by Crippen LogP contribution is -2.45. The van der Waals surface area contributed by atoms with Gasteiger partial charge in [-0.3, -0.25) is 9.69 Å². The molecule has 0 aromatic carbocycles. The molecule has 1 aliphatic rings. The van der Waals surface area contributed by atoms with E-state index in [-0.39, 0.29) is 17.9 Å². The van der Waals surface area contributed by atoms with Crippen molar-refractivity contribution in [3.05, 3.63) is 21.9 Å². The number of thiophene rings is 1. The van der Waals surface area contributed by atoms with Crippen LogP contribution < -0.4 is 5.32 Å². The standard InChI is InChI=1S/C16H26N2O2S/c1-3-16(12-19)5-7-18(8-6-16)11-15(20)17-10-14-13(2)4-9-21-14/h4,9,19H,3,5-8,10-12H2,1-2H3,(H,17,20). The summed E-state index contributed by atoms with van der Waals surface area (Å²) in [6.07, 6.45) is 2.98. The number of nitrogens with one attached hydrogen (secondary N) is 1. The summed E-state index contributed by atoms with van der Waals surface area (Å²) < 4.78 is 0. The van der Waals surface area contributed by atoms with E-state index in [4.69, 9.17) is 0 Å². The minimum Gasteiger partial charge on any atom is -0.396 e. The molecule has 2 rings (SSSR count). The highest BCUT2D eigenvalue weighted by atomic mass is 32.1. The maximum atomic E-state index is 12.0. The Kier molecular flexibility index (Phi) is 5.79. The highest BCUT2D eigenvalue weighted by Gasteiger charge is 2.32. The Labute approximate surface area is 131 Å². The number of nitrogens with zero attached hydrogens (tertiary/aromatic N) is 1. The first kappa shape index (κ1) is 16.5. The topological polar surface area (TPSA) is 52.6 Å². The summed E-state index contributed by atoms with van der Waals surface area (Å²) in [5.41, 5.74) is 1.33. The van der Waals surface area contributed by atoms with Gasteiger partial charge in [0.2, 0.25) is 5.91 Å². The molecule has 1 fully saturated rings. The second-order valence-electron chi connectivity index (χ2n) is 6.09. The molecule has 1 saturated heterocycles. The molecule has 2 N–H and O–H groups in total. The molecule has 0 radical (unpaired) electrons. The van der Waals surface area contributed by atoms with Crippen LogP contribution in [-0.4, -0.2) is 42.2 Å². The zero-order chi connectivity index (χ0) is 15.3. The van der Waals surface area contributed by atoms with Gasteiger partial charge in [-0.05, 0) is 61.7 Å². The lowest BCUT2D eigenvalue weighted by Gasteiger charge is -2.39. The summed E-state index contributed by atoms with van der Waals surface area (Å²) in [5.74, 6) is 0.0933. The van der Waals surface area contributed by atoms with Gasteiger partial charge >= 0.3 is 0 Å². The molecular formula is C16H26N2O2S. The van der Waals surface area contributed by atoms with Crippen molar-refractivity contribution < 1.29 is 9.90 Å². The summed E-state index contributed by atoms with van der Waals surface area (Å²) >= 11 is 1.69. The van der Waals surface area contributed by atoms with E-state index in [0.717, 1.165) is 32.4 Å². The van der Waals surface area contributed by atoms with Crippen LogP contribution in [0.2, 0.25) is 0 Å². The van der Waals surface area contributed by atoms with E-state index in [1.807, 2.05) is 0 Å². The van der Waals surface area contributed by atoms with Crippen LogP contribution in [0.25, 0.3) is 0 Å². The lowest BCUT2D eigenvalue weighted by atomic mass is 9.77. The van der Waals surface area contributed by atoms with Gasteiger partial charge in [0.05, 0.1) is 13.1 Å². The van der Waals surface area contributed by atoms with Crippen molar-refractivity contribution in [2.45, 2.75) is 39.7 Å². The van der Waals surface area contributed by atoms with Gasteiger partial charge in [-0.2, -0.15) is 0 Å². The van der Waals surface area contributed by atoms with Crippen LogP contribution in [0.1, 0.15) is 36.6 Å². The second kappa shape index (κ2) is 7.38. The van der Waals surface area contributed by atoms with Crippen molar-refractivity contribution in [1.29, 1.82) is 0 Å². The van der Waals surface area contributed by atoms with Crippen LogP contribution in [0, 0.1) is 12.3 Å². The first-order chi connectivity index (χ1) is 10.1. The molecule has 0 unspecified atom stereocenters. The Morgan fingerprint density at radius 2 is 2.19 bits per heavy atom. The molecule has 1 amide bonds. The second-order valence-corrected chi connectivity index (χ2v) is 7.09. The number of hydrogen-bond donors (Lipinski definition) is 2. The molecule has 5 heteroatoms. The van der Waals surface area contributed by atoms with Gasteiger partial charge in [0.25, 0.3) is 0 Å². The fraction of sp³-hybridized carbons (Fsp3) is 0.688. The van der Waals surface area contributed by atoms with E-state index in [0.29, 0.717) is 13.1 Å². The van der Waals surface area contributed by atoms with E-state index >= 15 is 0 Å². The molecule has 1 aromatic heterocycles. The Hall–Kier alpha value is -0.910. The van der Waals surface area contributed by atoms with Crippen molar-refractivity contribution >= 4 is 17.2 Å². The SMILES string of the molecule is CCC1(CO)CCN(CC(=O)NCc2sccc2C)CC1. The van der Waals surface area contributed by atoms with Crippen LogP contribution in [0.15, 0.2) is 11.4 Å². The number of hydrogen-bond acceptors (Lipinski definition) is 4. The fourth-order valence-corrected chi connectivity index (χ4v) is 3.68.